The number of anilines is 1. The maximum Gasteiger partial charge on any atom is 0.213 e. The van der Waals surface area contributed by atoms with Crippen molar-refractivity contribution in [3.8, 4) is 5.88 Å². The first-order valence-electron chi connectivity index (χ1n) is 8.81. The van der Waals surface area contributed by atoms with Gasteiger partial charge in [-0.25, -0.2) is 4.98 Å². The van der Waals surface area contributed by atoms with E-state index in [9.17, 15) is 0 Å². The summed E-state index contributed by atoms with van der Waals surface area (Å²) in [5.41, 5.74) is 8.50. The Hall–Kier alpha value is -2.15. The molecule has 0 aliphatic heterocycles. The lowest BCUT2D eigenvalue weighted by Crippen LogP contribution is -2.21. The average Bonchev–Trinajstić information content (AvgIpc) is 2.65. The van der Waals surface area contributed by atoms with E-state index in [4.69, 9.17) is 24.7 Å². The lowest BCUT2D eigenvalue weighted by atomic mass is 10.2. The molecule has 142 valence electrons. The predicted octanol–water partition coefficient (Wildman–Crippen LogP) is 2.99. The quantitative estimate of drug-likeness (QED) is 0.587. The Bertz CT molecular complexity index is 637. The van der Waals surface area contributed by atoms with E-state index in [2.05, 4.69) is 4.98 Å². The molecule has 26 heavy (non-hydrogen) atoms. The molecule has 0 bridgehead atoms. The molecule has 0 amide bonds. The first-order chi connectivity index (χ1) is 12.6. The summed E-state index contributed by atoms with van der Waals surface area (Å²) in [5, 5.41) is 0. The van der Waals surface area contributed by atoms with E-state index >= 15 is 0 Å². The van der Waals surface area contributed by atoms with Crippen molar-refractivity contribution < 1.29 is 18.9 Å². The van der Waals surface area contributed by atoms with E-state index in [1.165, 1.54) is 0 Å². The van der Waals surface area contributed by atoms with Gasteiger partial charge in [-0.05, 0) is 25.0 Å². The van der Waals surface area contributed by atoms with E-state index in [0.717, 1.165) is 11.1 Å². The number of nitrogens with zero attached hydrogens (tertiary/aromatic N) is 1. The Morgan fingerprint density at radius 3 is 2.54 bits per heavy atom. The molecule has 0 saturated heterocycles. The Kier molecular flexibility index (Phi) is 8.89. The molecule has 0 unspecified atom stereocenters. The summed E-state index contributed by atoms with van der Waals surface area (Å²) in [4.78, 5) is 4.13. The first kappa shape index (κ1) is 20.2. The zero-order valence-electron chi connectivity index (χ0n) is 15.5. The van der Waals surface area contributed by atoms with Gasteiger partial charge in [0, 0.05) is 6.07 Å². The third-order valence-corrected chi connectivity index (χ3v) is 3.71. The molecule has 2 rings (SSSR count). The van der Waals surface area contributed by atoms with Crippen LogP contribution in [0.1, 0.15) is 18.1 Å². The van der Waals surface area contributed by atoms with Gasteiger partial charge in [-0.15, -0.1) is 0 Å². The number of benzene rings is 1. The van der Waals surface area contributed by atoms with Gasteiger partial charge in [-0.2, -0.15) is 0 Å². The van der Waals surface area contributed by atoms with Crippen molar-refractivity contribution in [3.05, 3.63) is 53.7 Å². The molecule has 0 fully saturated rings. The van der Waals surface area contributed by atoms with Crippen LogP contribution in [0.25, 0.3) is 0 Å². The van der Waals surface area contributed by atoms with Crippen LogP contribution in [0, 0.1) is 6.92 Å². The van der Waals surface area contributed by atoms with Crippen molar-refractivity contribution in [1.82, 2.24) is 4.98 Å². The van der Waals surface area contributed by atoms with Crippen molar-refractivity contribution in [1.29, 1.82) is 0 Å². The Labute approximate surface area is 155 Å². The van der Waals surface area contributed by atoms with E-state index in [0.29, 0.717) is 51.2 Å². The van der Waals surface area contributed by atoms with Gasteiger partial charge in [0.2, 0.25) is 5.88 Å². The summed E-state index contributed by atoms with van der Waals surface area (Å²) in [5.74, 6) is 0.555. The average molecular weight is 360 g/mol. The van der Waals surface area contributed by atoms with Gasteiger partial charge in [0.05, 0.1) is 51.0 Å². The van der Waals surface area contributed by atoms with Gasteiger partial charge < -0.3 is 24.7 Å². The molecular formula is C20H28N2O4. The van der Waals surface area contributed by atoms with Gasteiger partial charge in [-0.1, -0.05) is 30.3 Å². The number of hydrogen-bond acceptors (Lipinski definition) is 6. The molecule has 0 saturated carbocycles. The number of aromatic nitrogens is 1. The smallest absolute Gasteiger partial charge is 0.213 e. The van der Waals surface area contributed by atoms with Gasteiger partial charge in [-0.3, -0.25) is 0 Å². The van der Waals surface area contributed by atoms with E-state index in [1.807, 2.05) is 50.2 Å². The predicted molar refractivity (Wildman–Crippen MR) is 101 cm³/mol. The number of ether oxygens (including phenoxy) is 4. The van der Waals surface area contributed by atoms with Gasteiger partial charge in [0.15, 0.2) is 0 Å². The third-order valence-electron chi connectivity index (χ3n) is 3.71. The van der Waals surface area contributed by atoms with Gasteiger partial charge in [0.1, 0.15) is 6.61 Å². The number of pyridine rings is 1. The summed E-state index contributed by atoms with van der Waals surface area (Å²) in [6.45, 7) is 7.06. The maximum absolute atomic E-state index is 5.73. The highest BCUT2D eigenvalue weighted by Crippen LogP contribution is 2.15. The SMILES string of the molecule is Cc1cc(OC[C@H](C)OCCOCCOCc2ccccc2)ncc1N. The van der Waals surface area contributed by atoms with Crippen molar-refractivity contribution in [2.75, 3.05) is 38.8 Å². The lowest BCUT2D eigenvalue weighted by molar-refractivity contribution is -0.0203. The molecule has 1 aromatic heterocycles. The minimum absolute atomic E-state index is 0.0485. The number of nitrogens with two attached hydrogens (primary N) is 1. The second-order valence-corrected chi connectivity index (χ2v) is 6.02. The molecule has 2 aromatic rings. The Morgan fingerprint density at radius 2 is 1.77 bits per heavy atom. The molecular weight excluding hydrogens is 332 g/mol. The van der Waals surface area contributed by atoms with Gasteiger partial charge in [0.25, 0.3) is 0 Å². The number of aryl methyl sites for hydroxylation is 1. The summed E-state index contributed by atoms with van der Waals surface area (Å²) < 4.78 is 22.3. The van der Waals surface area contributed by atoms with E-state index < -0.39 is 0 Å². The second-order valence-electron chi connectivity index (χ2n) is 6.02. The normalized spacial score (nSPS) is 12.1. The topological polar surface area (TPSA) is 75.8 Å². The van der Waals surface area contributed by atoms with Crippen LogP contribution in [0.5, 0.6) is 5.88 Å². The summed E-state index contributed by atoms with van der Waals surface area (Å²) in [6, 6.07) is 11.9. The van der Waals surface area contributed by atoms with Crippen LogP contribution in [0.15, 0.2) is 42.6 Å². The van der Waals surface area contributed by atoms with Crippen LogP contribution in [0.4, 0.5) is 5.69 Å². The minimum Gasteiger partial charge on any atom is -0.475 e. The summed E-state index contributed by atoms with van der Waals surface area (Å²) >= 11 is 0. The van der Waals surface area contributed by atoms with E-state index in [1.54, 1.807) is 6.20 Å². The first-order valence-corrected chi connectivity index (χ1v) is 8.81. The number of nitrogen functional groups attached to an aromatic ring is 1. The van der Waals surface area contributed by atoms with E-state index in [-0.39, 0.29) is 6.10 Å². The van der Waals surface area contributed by atoms with Crippen molar-refractivity contribution >= 4 is 5.69 Å². The van der Waals surface area contributed by atoms with Crippen molar-refractivity contribution in [2.45, 2.75) is 26.6 Å². The van der Waals surface area contributed by atoms with Crippen molar-refractivity contribution in [3.63, 3.8) is 0 Å². The van der Waals surface area contributed by atoms with Crippen LogP contribution in [-0.2, 0) is 20.8 Å². The third kappa shape index (κ3) is 7.82. The minimum atomic E-state index is -0.0485. The Morgan fingerprint density at radius 1 is 1.04 bits per heavy atom. The molecule has 2 N–H and O–H groups in total. The molecule has 1 atom stereocenters. The zero-order valence-corrected chi connectivity index (χ0v) is 15.5. The molecule has 6 nitrogen and oxygen atoms in total. The molecule has 0 radical (unpaired) electrons. The fourth-order valence-corrected chi connectivity index (χ4v) is 2.16. The van der Waals surface area contributed by atoms with Gasteiger partial charge >= 0.3 is 0 Å². The highest BCUT2D eigenvalue weighted by molar-refractivity contribution is 5.45. The lowest BCUT2D eigenvalue weighted by Gasteiger charge is -2.14. The van der Waals surface area contributed by atoms with Crippen LogP contribution in [0.3, 0.4) is 0 Å². The van der Waals surface area contributed by atoms with Crippen LogP contribution in [-0.4, -0.2) is 44.1 Å². The molecule has 6 heteroatoms. The largest absolute Gasteiger partial charge is 0.475 e. The highest BCUT2D eigenvalue weighted by Gasteiger charge is 2.05. The fourth-order valence-electron chi connectivity index (χ4n) is 2.16. The molecule has 0 aliphatic rings. The number of hydrogen-bond donors (Lipinski definition) is 1. The van der Waals surface area contributed by atoms with Crippen LogP contribution in [0.2, 0.25) is 0 Å². The molecule has 0 aliphatic carbocycles. The standard InChI is InChI=1S/C20H28N2O4/c1-16-12-20(22-13-19(16)21)26-14-17(2)25-11-10-23-8-9-24-15-18-6-4-3-5-7-18/h3-7,12-13,17H,8-11,14-15,21H2,1-2H3/t17-/m0/s1. The number of rotatable bonds is 12. The molecule has 1 heterocycles. The fraction of sp³-hybridized carbons (Fsp3) is 0.450. The van der Waals surface area contributed by atoms with Crippen LogP contribution >= 0.6 is 0 Å². The summed E-state index contributed by atoms with van der Waals surface area (Å²) in [6.07, 6.45) is 1.55. The second kappa shape index (κ2) is 11.5. The summed E-state index contributed by atoms with van der Waals surface area (Å²) in [7, 11) is 0. The van der Waals surface area contributed by atoms with Crippen molar-refractivity contribution in [2.24, 2.45) is 0 Å². The Balaban J connectivity index is 1.45. The monoisotopic (exact) mass is 360 g/mol. The molecule has 0 spiro atoms. The molecule has 1 aromatic carbocycles. The highest BCUT2D eigenvalue weighted by atomic mass is 16.6. The van der Waals surface area contributed by atoms with Crippen LogP contribution < -0.4 is 10.5 Å². The zero-order chi connectivity index (χ0) is 18.6. The maximum atomic E-state index is 5.73.